The molecule has 0 aliphatic rings. The van der Waals surface area contributed by atoms with E-state index in [1.54, 1.807) is 30.1 Å². The number of nitrogens with one attached hydrogen (secondary N) is 2. The lowest BCUT2D eigenvalue weighted by molar-refractivity contribution is 0.598. The Balaban J connectivity index is 1.80. The second-order valence-electron chi connectivity index (χ2n) is 5.24. The van der Waals surface area contributed by atoms with Crippen molar-refractivity contribution in [1.82, 2.24) is 20.4 Å². The first-order valence-electron chi connectivity index (χ1n) is 7.43. The Hall–Kier alpha value is -2.39. The molecule has 8 nitrogen and oxygen atoms in total. The van der Waals surface area contributed by atoms with Gasteiger partial charge in [-0.05, 0) is 30.2 Å². The van der Waals surface area contributed by atoms with E-state index in [-0.39, 0.29) is 4.90 Å². The molecule has 0 saturated heterocycles. The highest BCUT2D eigenvalue weighted by atomic mass is 32.2. The molecule has 24 heavy (non-hydrogen) atoms. The largest absolute Gasteiger partial charge is 0.356 e. The third-order valence-electron chi connectivity index (χ3n) is 3.54. The standard InChI is InChI=1S/C15H22N6O2S/c1-17-15(19-11-13-8-10-20-21(13)2)18-9-7-12-3-5-14(6-4-12)24(16,22)23/h3-6,8,10H,7,9,11H2,1-2H3,(H2,16,22,23)(H2,17,18,19). The maximum atomic E-state index is 11.2. The highest BCUT2D eigenvalue weighted by Crippen LogP contribution is 2.08. The van der Waals surface area contributed by atoms with Crippen molar-refractivity contribution in [2.45, 2.75) is 17.9 Å². The number of hydrogen-bond acceptors (Lipinski definition) is 4. The minimum absolute atomic E-state index is 0.118. The Morgan fingerprint density at radius 2 is 1.96 bits per heavy atom. The molecule has 0 fully saturated rings. The fourth-order valence-electron chi connectivity index (χ4n) is 2.14. The zero-order valence-electron chi connectivity index (χ0n) is 13.7. The van der Waals surface area contributed by atoms with E-state index in [1.807, 2.05) is 13.1 Å². The van der Waals surface area contributed by atoms with E-state index in [4.69, 9.17) is 5.14 Å². The summed E-state index contributed by atoms with van der Waals surface area (Å²) in [6, 6.07) is 8.48. The molecular weight excluding hydrogens is 328 g/mol. The minimum Gasteiger partial charge on any atom is -0.356 e. The van der Waals surface area contributed by atoms with Crippen LogP contribution in [0.3, 0.4) is 0 Å². The van der Waals surface area contributed by atoms with Gasteiger partial charge in [0.05, 0.1) is 17.1 Å². The van der Waals surface area contributed by atoms with Crippen LogP contribution in [0, 0.1) is 0 Å². The van der Waals surface area contributed by atoms with Crippen LogP contribution in [0.5, 0.6) is 0 Å². The molecule has 9 heteroatoms. The van der Waals surface area contributed by atoms with Crippen LogP contribution in [-0.2, 0) is 30.0 Å². The number of benzene rings is 1. The maximum absolute atomic E-state index is 11.2. The fourth-order valence-corrected chi connectivity index (χ4v) is 2.66. The van der Waals surface area contributed by atoms with Gasteiger partial charge in [0.25, 0.3) is 0 Å². The third-order valence-corrected chi connectivity index (χ3v) is 4.47. The lowest BCUT2D eigenvalue weighted by Gasteiger charge is -2.12. The molecule has 130 valence electrons. The maximum Gasteiger partial charge on any atom is 0.238 e. The van der Waals surface area contributed by atoms with Crippen molar-refractivity contribution in [2.75, 3.05) is 13.6 Å². The predicted molar refractivity (Wildman–Crippen MR) is 92.9 cm³/mol. The number of guanidine groups is 1. The molecule has 0 unspecified atom stereocenters. The van der Waals surface area contributed by atoms with Crippen molar-refractivity contribution >= 4 is 16.0 Å². The van der Waals surface area contributed by atoms with E-state index in [0.29, 0.717) is 19.0 Å². The van der Waals surface area contributed by atoms with Crippen LogP contribution in [0.15, 0.2) is 46.4 Å². The van der Waals surface area contributed by atoms with Crippen LogP contribution < -0.4 is 15.8 Å². The molecule has 2 aromatic rings. The number of sulfonamides is 1. The van der Waals surface area contributed by atoms with E-state index >= 15 is 0 Å². The highest BCUT2D eigenvalue weighted by Gasteiger charge is 2.06. The first-order valence-corrected chi connectivity index (χ1v) is 8.98. The molecule has 0 saturated carbocycles. The molecule has 0 aliphatic heterocycles. The summed E-state index contributed by atoms with van der Waals surface area (Å²) in [5.74, 6) is 0.692. The van der Waals surface area contributed by atoms with Gasteiger partial charge in [-0.25, -0.2) is 13.6 Å². The van der Waals surface area contributed by atoms with Crippen molar-refractivity contribution in [3.63, 3.8) is 0 Å². The Morgan fingerprint density at radius 1 is 1.25 bits per heavy atom. The summed E-state index contributed by atoms with van der Waals surface area (Å²) in [7, 11) is -0.0466. The molecule has 2 rings (SSSR count). The summed E-state index contributed by atoms with van der Waals surface area (Å²) >= 11 is 0. The number of rotatable bonds is 6. The number of nitrogens with two attached hydrogens (primary N) is 1. The number of primary sulfonamides is 1. The van der Waals surface area contributed by atoms with Gasteiger partial charge in [-0.2, -0.15) is 5.10 Å². The van der Waals surface area contributed by atoms with Crippen LogP contribution in [0.4, 0.5) is 0 Å². The lowest BCUT2D eigenvalue weighted by atomic mass is 10.1. The van der Waals surface area contributed by atoms with E-state index in [2.05, 4.69) is 20.7 Å². The summed E-state index contributed by atoms with van der Waals surface area (Å²) in [4.78, 5) is 4.28. The zero-order chi connectivity index (χ0) is 17.6. The van der Waals surface area contributed by atoms with Gasteiger partial charge in [-0.15, -0.1) is 0 Å². The van der Waals surface area contributed by atoms with Crippen molar-refractivity contribution in [2.24, 2.45) is 17.2 Å². The van der Waals surface area contributed by atoms with Crippen molar-refractivity contribution in [1.29, 1.82) is 0 Å². The van der Waals surface area contributed by atoms with Crippen LogP contribution >= 0.6 is 0 Å². The molecule has 0 bridgehead atoms. The van der Waals surface area contributed by atoms with Crippen LogP contribution in [-0.4, -0.2) is 37.8 Å². The summed E-state index contributed by atoms with van der Waals surface area (Å²) in [5.41, 5.74) is 2.06. The van der Waals surface area contributed by atoms with E-state index in [1.165, 1.54) is 12.1 Å². The molecule has 4 N–H and O–H groups in total. The molecular formula is C15H22N6O2S. The number of nitrogens with zero attached hydrogens (tertiary/aromatic N) is 3. The number of hydrogen-bond donors (Lipinski definition) is 3. The molecule has 0 atom stereocenters. The Bertz CT molecular complexity index is 796. The van der Waals surface area contributed by atoms with Crippen LogP contribution in [0.1, 0.15) is 11.3 Å². The van der Waals surface area contributed by atoms with Gasteiger partial charge in [0.15, 0.2) is 5.96 Å². The van der Waals surface area contributed by atoms with E-state index in [9.17, 15) is 8.42 Å². The van der Waals surface area contributed by atoms with Crippen LogP contribution in [0.25, 0.3) is 0 Å². The molecule has 1 aromatic carbocycles. The summed E-state index contributed by atoms with van der Waals surface area (Å²) < 4.78 is 24.2. The van der Waals surface area contributed by atoms with E-state index in [0.717, 1.165) is 17.7 Å². The molecule has 0 spiro atoms. The summed E-state index contributed by atoms with van der Waals surface area (Å²) in [6.45, 7) is 1.29. The first-order chi connectivity index (χ1) is 11.4. The summed E-state index contributed by atoms with van der Waals surface area (Å²) in [6.07, 6.45) is 2.48. The van der Waals surface area contributed by atoms with Gasteiger partial charge in [-0.3, -0.25) is 9.67 Å². The van der Waals surface area contributed by atoms with Gasteiger partial charge in [0.2, 0.25) is 10.0 Å². The fraction of sp³-hybridized carbons (Fsp3) is 0.333. The first kappa shape index (κ1) is 18.0. The molecule has 0 aliphatic carbocycles. The van der Waals surface area contributed by atoms with Crippen LogP contribution in [0.2, 0.25) is 0 Å². The van der Waals surface area contributed by atoms with Gasteiger partial charge < -0.3 is 10.6 Å². The van der Waals surface area contributed by atoms with E-state index < -0.39 is 10.0 Å². The zero-order valence-corrected chi connectivity index (χ0v) is 14.5. The smallest absolute Gasteiger partial charge is 0.238 e. The molecule has 1 heterocycles. The normalized spacial score (nSPS) is 12.2. The number of aromatic nitrogens is 2. The molecule has 1 aromatic heterocycles. The average Bonchev–Trinajstić information content (AvgIpc) is 2.95. The molecule has 0 amide bonds. The Morgan fingerprint density at radius 3 is 2.50 bits per heavy atom. The van der Waals surface area contributed by atoms with Crippen molar-refractivity contribution < 1.29 is 8.42 Å². The molecule has 0 radical (unpaired) electrons. The van der Waals surface area contributed by atoms with Gasteiger partial charge >= 0.3 is 0 Å². The quantitative estimate of drug-likeness (QED) is 0.500. The number of aliphatic imine (C=N–C) groups is 1. The Kier molecular flexibility index (Phi) is 5.93. The van der Waals surface area contributed by atoms with Crippen molar-refractivity contribution in [3.05, 3.63) is 47.8 Å². The second kappa shape index (κ2) is 7.93. The minimum atomic E-state index is -3.64. The highest BCUT2D eigenvalue weighted by molar-refractivity contribution is 7.89. The predicted octanol–water partition coefficient (Wildman–Crippen LogP) is -0.0248. The van der Waals surface area contributed by atoms with Gasteiger partial charge in [0.1, 0.15) is 0 Å². The third kappa shape index (κ3) is 5.07. The van der Waals surface area contributed by atoms with Crippen molar-refractivity contribution in [3.8, 4) is 0 Å². The van der Waals surface area contributed by atoms with Gasteiger partial charge in [-0.1, -0.05) is 12.1 Å². The topological polar surface area (TPSA) is 114 Å². The number of aryl methyl sites for hydroxylation is 1. The van der Waals surface area contributed by atoms with Gasteiger partial charge in [0, 0.05) is 26.8 Å². The second-order valence-corrected chi connectivity index (χ2v) is 6.80. The lowest BCUT2D eigenvalue weighted by Crippen LogP contribution is -2.38. The SMILES string of the molecule is CN=C(NCCc1ccc(S(N)(=O)=O)cc1)NCc1ccnn1C. The Labute approximate surface area is 141 Å². The average molecular weight is 350 g/mol. The monoisotopic (exact) mass is 350 g/mol. The summed E-state index contributed by atoms with van der Waals surface area (Å²) in [5, 5.41) is 15.6.